The molecule has 0 radical (unpaired) electrons. The van der Waals surface area contributed by atoms with E-state index in [1.54, 1.807) is 12.3 Å². The summed E-state index contributed by atoms with van der Waals surface area (Å²) < 4.78 is 27.9. The van der Waals surface area contributed by atoms with Crippen LogP contribution in [0.4, 0.5) is 11.6 Å². The summed E-state index contributed by atoms with van der Waals surface area (Å²) in [7, 11) is -4.23. The van der Waals surface area contributed by atoms with Crippen LogP contribution in [0.1, 0.15) is 43.1 Å². The van der Waals surface area contributed by atoms with Gasteiger partial charge in [0.2, 0.25) is 0 Å². The maximum absolute atomic E-state index is 13.4. The molecule has 3 aromatic rings. The molecule has 178 valence electrons. The third-order valence-electron chi connectivity index (χ3n) is 6.07. The molecule has 0 spiro atoms. The zero-order valence-corrected chi connectivity index (χ0v) is 20.6. The Bertz CT molecular complexity index is 1340. The number of amides is 1. The van der Waals surface area contributed by atoms with E-state index in [1.165, 1.54) is 18.2 Å². The van der Waals surface area contributed by atoms with Gasteiger partial charge in [-0.1, -0.05) is 42.8 Å². The van der Waals surface area contributed by atoms with Gasteiger partial charge < -0.3 is 10.6 Å². The number of nitrogens with zero attached hydrogens (tertiary/aromatic N) is 3. The first kappa shape index (κ1) is 23.7. The van der Waals surface area contributed by atoms with Crippen LogP contribution >= 0.6 is 0 Å². The van der Waals surface area contributed by atoms with E-state index in [1.807, 2.05) is 31.2 Å². The van der Waals surface area contributed by atoms with Gasteiger partial charge in [0.25, 0.3) is 15.9 Å². The van der Waals surface area contributed by atoms with E-state index in [0.717, 1.165) is 23.1 Å². The monoisotopic (exact) mass is 479 g/mol. The molecule has 4 rings (SSSR count). The van der Waals surface area contributed by atoms with Crippen molar-refractivity contribution >= 4 is 27.6 Å². The van der Waals surface area contributed by atoms with Crippen molar-refractivity contribution in [1.29, 1.82) is 0 Å². The Morgan fingerprint density at radius 1 is 1.15 bits per heavy atom. The Morgan fingerprint density at radius 3 is 2.47 bits per heavy atom. The zero-order valence-electron chi connectivity index (χ0n) is 19.7. The highest BCUT2D eigenvalue weighted by molar-refractivity contribution is 7.90. The van der Waals surface area contributed by atoms with Gasteiger partial charge in [0.15, 0.2) is 5.03 Å². The number of aryl methyl sites for hydroxylation is 1. The molecular formula is C25H29N5O3S. The number of hydrogen-bond donors (Lipinski definition) is 2. The first-order valence-corrected chi connectivity index (χ1v) is 12.6. The Morgan fingerprint density at radius 2 is 1.85 bits per heavy atom. The number of nitrogens with one attached hydrogen (secondary N) is 1. The average Bonchev–Trinajstić information content (AvgIpc) is 3.05. The number of hydrogen-bond acceptors (Lipinski definition) is 7. The maximum Gasteiger partial charge on any atom is 0.281 e. The van der Waals surface area contributed by atoms with Crippen LogP contribution in [0.2, 0.25) is 0 Å². The van der Waals surface area contributed by atoms with E-state index in [-0.39, 0.29) is 21.9 Å². The maximum atomic E-state index is 13.4. The lowest BCUT2D eigenvalue weighted by Crippen LogP contribution is -2.41. The highest BCUT2D eigenvalue weighted by atomic mass is 32.2. The number of aromatic nitrogens is 2. The summed E-state index contributed by atoms with van der Waals surface area (Å²) in [5.74, 6) is 0.144. The first-order chi connectivity index (χ1) is 16.0. The summed E-state index contributed by atoms with van der Waals surface area (Å²) >= 11 is 0. The van der Waals surface area contributed by atoms with Crippen molar-refractivity contribution in [3.63, 3.8) is 0 Å². The fourth-order valence-corrected chi connectivity index (χ4v) is 5.45. The topological polar surface area (TPSA) is 118 Å². The summed E-state index contributed by atoms with van der Waals surface area (Å²) in [5, 5.41) is -0.319. The second-order valence-corrected chi connectivity index (χ2v) is 11.2. The molecule has 1 saturated heterocycles. The molecular weight excluding hydrogens is 450 g/mol. The van der Waals surface area contributed by atoms with Crippen LogP contribution in [0.25, 0.3) is 11.1 Å². The normalized spacial score (nSPS) is 17.5. The van der Waals surface area contributed by atoms with Crippen LogP contribution in [0, 0.1) is 12.8 Å². The summed E-state index contributed by atoms with van der Waals surface area (Å²) in [5.41, 5.74) is 8.30. The first-order valence-electron chi connectivity index (χ1n) is 11.1. The van der Waals surface area contributed by atoms with Crippen molar-refractivity contribution in [3.8, 4) is 11.1 Å². The summed E-state index contributed by atoms with van der Waals surface area (Å²) in [6.07, 6.45) is 2.66. The molecule has 1 fully saturated rings. The predicted octanol–water partition coefficient (Wildman–Crippen LogP) is 3.78. The smallest absolute Gasteiger partial charge is 0.281 e. The van der Waals surface area contributed by atoms with E-state index in [9.17, 15) is 13.2 Å². The molecule has 1 unspecified atom stereocenters. The van der Waals surface area contributed by atoms with Crippen LogP contribution in [0.5, 0.6) is 0 Å². The molecule has 1 aliphatic rings. The number of nitrogens with two attached hydrogens (primary N) is 1. The van der Waals surface area contributed by atoms with Gasteiger partial charge in [-0.15, -0.1) is 0 Å². The molecule has 1 aliphatic heterocycles. The van der Waals surface area contributed by atoms with Crippen LogP contribution < -0.4 is 15.4 Å². The molecule has 3 heterocycles. The zero-order chi connectivity index (χ0) is 24.7. The highest BCUT2D eigenvalue weighted by Crippen LogP contribution is 2.38. The van der Waals surface area contributed by atoms with Gasteiger partial charge in [-0.05, 0) is 56.9 Å². The van der Waals surface area contributed by atoms with Crippen molar-refractivity contribution in [2.24, 2.45) is 5.92 Å². The van der Waals surface area contributed by atoms with Gasteiger partial charge in [0.05, 0.1) is 5.56 Å². The van der Waals surface area contributed by atoms with Gasteiger partial charge in [0, 0.05) is 23.8 Å². The number of rotatable bonds is 5. The largest absolute Gasteiger partial charge is 0.384 e. The number of nitrogen functional groups attached to an aromatic ring is 1. The minimum absolute atomic E-state index is 0.0480. The van der Waals surface area contributed by atoms with E-state index in [4.69, 9.17) is 5.73 Å². The summed E-state index contributed by atoms with van der Waals surface area (Å²) in [4.78, 5) is 24.0. The van der Waals surface area contributed by atoms with Crippen molar-refractivity contribution in [3.05, 3.63) is 65.9 Å². The number of benzene rings is 1. The number of carbonyl (C=O) groups excluding carboxylic acids is 1. The van der Waals surface area contributed by atoms with Crippen molar-refractivity contribution < 1.29 is 13.2 Å². The third kappa shape index (κ3) is 4.75. The van der Waals surface area contributed by atoms with Crippen LogP contribution in [0.15, 0.2) is 59.8 Å². The van der Waals surface area contributed by atoms with Crippen LogP contribution in [-0.2, 0) is 10.0 Å². The quantitative estimate of drug-likeness (QED) is 0.572. The van der Waals surface area contributed by atoms with Gasteiger partial charge in [-0.2, -0.15) is 8.42 Å². The third-order valence-corrected chi connectivity index (χ3v) is 7.30. The number of anilines is 2. The number of pyridine rings is 2. The van der Waals surface area contributed by atoms with Gasteiger partial charge >= 0.3 is 0 Å². The Hall–Kier alpha value is -3.46. The predicted molar refractivity (Wildman–Crippen MR) is 133 cm³/mol. The fraction of sp³-hybridized carbons (Fsp3) is 0.320. The lowest BCUT2D eigenvalue weighted by atomic mass is 9.97. The van der Waals surface area contributed by atoms with Crippen molar-refractivity contribution in [2.75, 3.05) is 17.2 Å². The fourth-order valence-electron chi connectivity index (χ4n) is 4.51. The number of sulfonamides is 1. The van der Waals surface area contributed by atoms with Crippen molar-refractivity contribution in [1.82, 2.24) is 14.7 Å². The lowest BCUT2D eigenvalue weighted by Gasteiger charge is -2.33. The molecule has 1 amide bonds. The SMILES string of the molecule is Cc1ccc(-c2cnc(N3CC(C)CC3(C)C)c(C(=O)NS(=O)(=O)c3cccc(N)n3)c2)cc1. The molecule has 0 aliphatic carbocycles. The second kappa shape index (κ2) is 8.72. The van der Waals surface area contributed by atoms with E-state index in [0.29, 0.717) is 18.3 Å². The molecule has 2 aromatic heterocycles. The Kier molecular flexibility index (Phi) is 6.07. The summed E-state index contributed by atoms with van der Waals surface area (Å²) in [6.45, 7) is 9.06. The molecule has 0 saturated carbocycles. The number of carbonyl (C=O) groups is 1. The minimum Gasteiger partial charge on any atom is -0.384 e. The van der Waals surface area contributed by atoms with Gasteiger partial charge in [0.1, 0.15) is 11.6 Å². The lowest BCUT2D eigenvalue weighted by molar-refractivity contribution is 0.0981. The highest BCUT2D eigenvalue weighted by Gasteiger charge is 2.39. The van der Waals surface area contributed by atoms with E-state index >= 15 is 0 Å². The standard InChI is InChI=1S/C25H29N5O3S/c1-16-8-10-18(11-9-16)19-12-20(23(27-14-19)30-15-17(2)13-25(30,3)4)24(31)29-34(32,33)22-7-5-6-21(26)28-22/h5-12,14,17H,13,15H2,1-4H3,(H2,26,28)(H,29,31). The van der Waals surface area contributed by atoms with Gasteiger partial charge in [-0.3, -0.25) is 4.79 Å². The second-order valence-electron chi connectivity index (χ2n) is 9.53. The molecule has 34 heavy (non-hydrogen) atoms. The molecule has 1 aromatic carbocycles. The van der Waals surface area contributed by atoms with E-state index in [2.05, 4.69) is 40.4 Å². The summed E-state index contributed by atoms with van der Waals surface area (Å²) in [6, 6.07) is 13.8. The molecule has 3 N–H and O–H groups in total. The van der Waals surface area contributed by atoms with Crippen molar-refractivity contribution in [2.45, 2.75) is 44.7 Å². The van der Waals surface area contributed by atoms with E-state index < -0.39 is 15.9 Å². The molecule has 1 atom stereocenters. The molecule has 0 bridgehead atoms. The van der Waals surface area contributed by atoms with Crippen LogP contribution in [-0.4, -0.2) is 36.4 Å². The minimum atomic E-state index is -4.23. The molecule has 8 nitrogen and oxygen atoms in total. The van der Waals surface area contributed by atoms with Gasteiger partial charge in [-0.25, -0.2) is 14.7 Å². The van der Waals surface area contributed by atoms with Crippen LogP contribution in [0.3, 0.4) is 0 Å². The Balaban J connectivity index is 1.78. The molecule has 9 heteroatoms. The average molecular weight is 480 g/mol. The Labute approximate surface area is 200 Å².